The van der Waals surface area contributed by atoms with Gasteiger partial charge in [0.2, 0.25) is 0 Å². The number of aliphatic carboxylic acids is 1. The molecule has 1 unspecified atom stereocenters. The molecule has 0 aliphatic carbocycles. The molecular weight excluding hydrogens is 478 g/mol. The van der Waals surface area contributed by atoms with Crippen LogP contribution in [0.4, 0.5) is 11.7 Å². The molecule has 0 aliphatic heterocycles. The lowest BCUT2D eigenvalue weighted by atomic mass is 10.2. The van der Waals surface area contributed by atoms with E-state index in [2.05, 4.69) is 4.98 Å². The van der Waals surface area contributed by atoms with E-state index < -0.39 is 17.0 Å². The number of anilines is 1. The Hall–Kier alpha value is -4.60. The van der Waals surface area contributed by atoms with Crippen LogP contribution < -0.4 is 14.4 Å². The van der Waals surface area contributed by atoms with Crippen LogP contribution in [0.15, 0.2) is 77.2 Å². The summed E-state index contributed by atoms with van der Waals surface area (Å²) in [4.78, 5) is 28.5. The first-order chi connectivity index (χ1) is 17.9. The number of rotatable bonds is 13. The number of nitrogens with zero attached hydrogens (tertiary/aromatic N) is 3. The number of carbonyl (C=O) groups is 1. The van der Waals surface area contributed by atoms with Crippen LogP contribution >= 0.6 is 0 Å². The summed E-state index contributed by atoms with van der Waals surface area (Å²) in [5.74, 6) is -0.112. The van der Waals surface area contributed by atoms with Crippen molar-refractivity contribution < 1.29 is 28.7 Å². The molecule has 1 N–H and O–H groups in total. The fourth-order valence-corrected chi connectivity index (χ4v) is 3.78. The molecule has 4 rings (SSSR count). The molecule has 3 aromatic carbocycles. The number of oxazole rings is 1. The van der Waals surface area contributed by atoms with Crippen molar-refractivity contribution in [3.63, 3.8) is 0 Å². The van der Waals surface area contributed by atoms with Crippen molar-refractivity contribution in [3.8, 4) is 11.5 Å². The fraction of sp³-hybridized carbons (Fsp3) is 0.259. The number of hydrogen-bond donors (Lipinski definition) is 1. The molecule has 37 heavy (non-hydrogen) atoms. The van der Waals surface area contributed by atoms with Crippen LogP contribution in [0.3, 0.4) is 0 Å². The summed E-state index contributed by atoms with van der Waals surface area (Å²) >= 11 is 0. The van der Waals surface area contributed by atoms with E-state index in [1.54, 1.807) is 31.2 Å². The molecule has 0 aliphatic rings. The zero-order valence-corrected chi connectivity index (χ0v) is 20.3. The number of benzene rings is 3. The van der Waals surface area contributed by atoms with Gasteiger partial charge in [0.1, 0.15) is 17.0 Å². The van der Waals surface area contributed by atoms with E-state index >= 15 is 0 Å². The average molecular weight is 506 g/mol. The maximum Gasteiger partial charge on any atom is 0.344 e. The third-order valence-electron chi connectivity index (χ3n) is 5.62. The number of para-hydroxylation sites is 2. The van der Waals surface area contributed by atoms with Crippen LogP contribution in [0.5, 0.6) is 11.5 Å². The molecule has 192 valence electrons. The molecule has 0 amide bonds. The Morgan fingerprint density at radius 1 is 1.11 bits per heavy atom. The van der Waals surface area contributed by atoms with Gasteiger partial charge in [-0.15, -0.1) is 0 Å². The summed E-state index contributed by atoms with van der Waals surface area (Å²) in [5, 5.41) is 20.3. The largest absolute Gasteiger partial charge is 0.493 e. The Morgan fingerprint density at radius 3 is 2.65 bits per heavy atom. The standard InChI is InChI=1S/C27H27N3O7/c1-2-24(26(31)32)36-22-11-5-8-19(16-22)18-29(27-28-23-12-3-4-13-25(23)37-27)14-7-15-35-21-10-6-9-20(17-21)30(33)34/h3-6,8-13,16-17,24H,2,7,14-15,18H2,1H3,(H,31,32). The third-order valence-corrected chi connectivity index (χ3v) is 5.62. The smallest absolute Gasteiger partial charge is 0.344 e. The van der Waals surface area contributed by atoms with Crippen molar-refractivity contribution in [1.29, 1.82) is 0 Å². The Balaban J connectivity index is 1.47. The predicted molar refractivity (Wildman–Crippen MR) is 137 cm³/mol. The van der Waals surface area contributed by atoms with Crippen molar-refractivity contribution in [2.24, 2.45) is 0 Å². The molecule has 10 nitrogen and oxygen atoms in total. The summed E-state index contributed by atoms with van der Waals surface area (Å²) in [6.45, 7) is 3.05. The Bertz CT molecular complexity index is 1340. The van der Waals surface area contributed by atoms with Gasteiger partial charge in [-0.1, -0.05) is 37.3 Å². The second-order valence-electron chi connectivity index (χ2n) is 8.34. The zero-order valence-electron chi connectivity index (χ0n) is 20.3. The van der Waals surface area contributed by atoms with E-state index in [9.17, 15) is 20.0 Å². The number of ether oxygens (including phenoxy) is 2. The van der Waals surface area contributed by atoms with Crippen LogP contribution in [-0.2, 0) is 11.3 Å². The van der Waals surface area contributed by atoms with Crippen molar-refractivity contribution in [3.05, 3.63) is 88.5 Å². The van der Waals surface area contributed by atoms with Gasteiger partial charge >= 0.3 is 5.97 Å². The second kappa shape index (κ2) is 11.9. The summed E-state index contributed by atoms with van der Waals surface area (Å²) in [5.41, 5.74) is 2.26. The molecule has 0 saturated carbocycles. The van der Waals surface area contributed by atoms with Crippen molar-refractivity contribution in [1.82, 2.24) is 4.98 Å². The molecule has 0 spiro atoms. The molecule has 0 radical (unpaired) electrons. The number of non-ortho nitro benzene ring substituents is 1. The van der Waals surface area contributed by atoms with Gasteiger partial charge < -0.3 is 23.9 Å². The van der Waals surface area contributed by atoms with E-state index in [1.165, 1.54) is 12.1 Å². The number of nitro benzene ring substituents is 1. The quantitative estimate of drug-likeness (QED) is 0.143. The maximum absolute atomic E-state index is 11.4. The highest BCUT2D eigenvalue weighted by molar-refractivity contribution is 5.74. The van der Waals surface area contributed by atoms with Gasteiger partial charge in [-0.2, -0.15) is 4.98 Å². The number of nitro groups is 1. The zero-order chi connectivity index (χ0) is 26.2. The minimum Gasteiger partial charge on any atom is -0.493 e. The van der Waals surface area contributed by atoms with Gasteiger partial charge in [0, 0.05) is 19.2 Å². The molecule has 0 fully saturated rings. The van der Waals surface area contributed by atoms with Crippen molar-refractivity contribution in [2.45, 2.75) is 32.4 Å². The van der Waals surface area contributed by atoms with Crippen molar-refractivity contribution >= 4 is 28.8 Å². The van der Waals surface area contributed by atoms with Gasteiger partial charge in [-0.05, 0) is 48.7 Å². The van der Waals surface area contributed by atoms with Gasteiger partial charge in [0.15, 0.2) is 11.7 Å². The molecule has 0 bridgehead atoms. The van der Waals surface area contributed by atoms with Crippen molar-refractivity contribution in [2.75, 3.05) is 18.1 Å². The fourth-order valence-electron chi connectivity index (χ4n) is 3.78. The van der Waals surface area contributed by atoms with Crippen LogP contribution in [0, 0.1) is 10.1 Å². The first-order valence-electron chi connectivity index (χ1n) is 11.9. The number of carboxylic acid groups (broad SMARTS) is 1. The molecule has 1 heterocycles. The van der Waals surface area contributed by atoms with E-state index in [-0.39, 0.29) is 5.69 Å². The van der Waals surface area contributed by atoms with Gasteiger partial charge in [0.25, 0.3) is 11.7 Å². The first-order valence-corrected chi connectivity index (χ1v) is 11.9. The average Bonchev–Trinajstić information content (AvgIpc) is 3.33. The molecular formula is C27H27N3O7. The molecule has 1 aromatic heterocycles. The lowest BCUT2D eigenvalue weighted by Gasteiger charge is -2.21. The van der Waals surface area contributed by atoms with E-state index in [4.69, 9.17) is 13.9 Å². The van der Waals surface area contributed by atoms with Crippen LogP contribution in [-0.4, -0.2) is 40.2 Å². The SMILES string of the molecule is CCC(Oc1cccc(CN(CCCOc2cccc([N+](=O)[O-])c2)c2nc3ccccc3o2)c1)C(=O)O. The van der Waals surface area contributed by atoms with E-state index in [0.29, 0.717) is 55.6 Å². The maximum atomic E-state index is 11.4. The summed E-state index contributed by atoms with van der Waals surface area (Å²) < 4.78 is 17.4. The van der Waals surface area contributed by atoms with Crippen LogP contribution in [0.1, 0.15) is 25.3 Å². The molecule has 10 heteroatoms. The van der Waals surface area contributed by atoms with Gasteiger partial charge in [0.05, 0.1) is 17.6 Å². The highest BCUT2D eigenvalue weighted by Crippen LogP contribution is 2.25. The third kappa shape index (κ3) is 6.75. The number of fused-ring (bicyclic) bond motifs is 1. The minimum absolute atomic E-state index is 0.0269. The van der Waals surface area contributed by atoms with Gasteiger partial charge in [-0.25, -0.2) is 4.79 Å². The summed E-state index contributed by atoms with van der Waals surface area (Å²) in [7, 11) is 0. The predicted octanol–water partition coefficient (Wildman–Crippen LogP) is 5.45. The number of carboxylic acids is 1. The van der Waals surface area contributed by atoms with Crippen LogP contribution in [0.25, 0.3) is 11.1 Å². The van der Waals surface area contributed by atoms with E-state index in [1.807, 2.05) is 41.3 Å². The first kappa shape index (κ1) is 25.5. The Morgan fingerprint density at radius 2 is 1.89 bits per heavy atom. The molecule has 1 atom stereocenters. The number of aromatic nitrogens is 1. The summed E-state index contributed by atoms with van der Waals surface area (Å²) in [6.07, 6.45) is 0.0163. The lowest BCUT2D eigenvalue weighted by molar-refractivity contribution is -0.384. The Kier molecular flexibility index (Phi) is 8.19. The normalized spacial score (nSPS) is 11.7. The second-order valence-corrected chi connectivity index (χ2v) is 8.34. The van der Waals surface area contributed by atoms with Gasteiger partial charge in [-0.3, -0.25) is 10.1 Å². The lowest BCUT2D eigenvalue weighted by Crippen LogP contribution is -2.27. The monoisotopic (exact) mass is 505 g/mol. The highest BCUT2D eigenvalue weighted by Gasteiger charge is 2.18. The summed E-state index contributed by atoms with van der Waals surface area (Å²) in [6, 6.07) is 21.3. The van der Waals surface area contributed by atoms with Crippen LogP contribution in [0.2, 0.25) is 0 Å². The highest BCUT2D eigenvalue weighted by atomic mass is 16.6. The van der Waals surface area contributed by atoms with E-state index in [0.717, 1.165) is 11.1 Å². The topological polar surface area (TPSA) is 128 Å². The number of hydrogen-bond acceptors (Lipinski definition) is 8. The molecule has 4 aromatic rings. The Labute approximate surface area is 213 Å². The molecule has 0 saturated heterocycles. The minimum atomic E-state index is -1.01.